The summed E-state index contributed by atoms with van der Waals surface area (Å²) in [5.74, 6) is 0.625. The summed E-state index contributed by atoms with van der Waals surface area (Å²) in [7, 11) is 1.60. The summed E-state index contributed by atoms with van der Waals surface area (Å²) < 4.78 is 10.7. The molecule has 0 bridgehead atoms. The summed E-state index contributed by atoms with van der Waals surface area (Å²) in [6.45, 7) is 9.11. The van der Waals surface area contributed by atoms with Crippen molar-refractivity contribution in [3.05, 3.63) is 29.8 Å². The van der Waals surface area contributed by atoms with Crippen LogP contribution in [0, 0.1) is 0 Å². The first-order valence-electron chi connectivity index (χ1n) is 6.89. The van der Waals surface area contributed by atoms with E-state index in [0.29, 0.717) is 13.2 Å². The molecule has 1 atom stereocenters. The molecule has 0 aromatic heterocycles. The molecular weight excluding hydrogens is 254 g/mol. The molecule has 0 heterocycles. The minimum absolute atomic E-state index is 0.0250. The van der Waals surface area contributed by atoms with Crippen LogP contribution in [0.15, 0.2) is 24.3 Å². The third-order valence-electron chi connectivity index (χ3n) is 2.97. The fourth-order valence-electron chi connectivity index (χ4n) is 1.85. The van der Waals surface area contributed by atoms with E-state index in [1.165, 1.54) is 0 Å². The highest BCUT2D eigenvalue weighted by molar-refractivity contribution is 5.80. The minimum atomic E-state index is -0.532. The van der Waals surface area contributed by atoms with Gasteiger partial charge in [0, 0.05) is 13.7 Å². The number of hydrogen-bond donors (Lipinski definition) is 1. The van der Waals surface area contributed by atoms with Crippen molar-refractivity contribution in [1.82, 2.24) is 5.32 Å². The second-order valence-electron chi connectivity index (χ2n) is 5.79. The SMILES string of the molecule is COCCNC(=O)C(C)Oc1ccccc1C(C)(C)C. The fraction of sp³-hybridized carbons (Fsp3) is 0.562. The van der Waals surface area contributed by atoms with Crippen molar-refractivity contribution < 1.29 is 14.3 Å². The van der Waals surface area contributed by atoms with E-state index in [4.69, 9.17) is 9.47 Å². The highest BCUT2D eigenvalue weighted by Gasteiger charge is 2.21. The largest absolute Gasteiger partial charge is 0.481 e. The Hall–Kier alpha value is -1.55. The molecule has 4 heteroatoms. The molecular formula is C16H25NO3. The summed E-state index contributed by atoms with van der Waals surface area (Å²) in [5, 5.41) is 2.77. The Balaban J connectivity index is 2.71. The van der Waals surface area contributed by atoms with Gasteiger partial charge in [0.15, 0.2) is 6.10 Å². The van der Waals surface area contributed by atoms with E-state index < -0.39 is 6.10 Å². The van der Waals surface area contributed by atoms with Crippen LogP contribution in [0.4, 0.5) is 0 Å². The molecule has 0 radical (unpaired) electrons. The average Bonchev–Trinajstić information content (AvgIpc) is 2.38. The van der Waals surface area contributed by atoms with E-state index in [1.54, 1.807) is 14.0 Å². The number of methoxy groups -OCH3 is 1. The van der Waals surface area contributed by atoms with Gasteiger partial charge in [-0.1, -0.05) is 39.0 Å². The van der Waals surface area contributed by atoms with Gasteiger partial charge in [-0.15, -0.1) is 0 Å². The Morgan fingerprint density at radius 1 is 1.30 bits per heavy atom. The van der Waals surface area contributed by atoms with E-state index >= 15 is 0 Å². The van der Waals surface area contributed by atoms with E-state index in [-0.39, 0.29) is 11.3 Å². The molecule has 0 aliphatic rings. The first-order valence-corrected chi connectivity index (χ1v) is 6.89. The van der Waals surface area contributed by atoms with Crippen molar-refractivity contribution in [1.29, 1.82) is 0 Å². The third-order valence-corrected chi connectivity index (χ3v) is 2.97. The van der Waals surface area contributed by atoms with Crippen molar-refractivity contribution in [2.75, 3.05) is 20.3 Å². The molecule has 0 saturated heterocycles. The van der Waals surface area contributed by atoms with Crippen LogP contribution < -0.4 is 10.1 Å². The molecule has 0 aliphatic carbocycles. The van der Waals surface area contributed by atoms with Crippen LogP contribution in [0.25, 0.3) is 0 Å². The highest BCUT2D eigenvalue weighted by atomic mass is 16.5. The van der Waals surface area contributed by atoms with Gasteiger partial charge in [-0.2, -0.15) is 0 Å². The van der Waals surface area contributed by atoms with Crippen molar-refractivity contribution in [3.63, 3.8) is 0 Å². The first-order chi connectivity index (χ1) is 9.36. The first kappa shape index (κ1) is 16.5. The van der Waals surface area contributed by atoms with E-state index in [0.717, 1.165) is 11.3 Å². The molecule has 1 rings (SSSR count). The maximum Gasteiger partial charge on any atom is 0.260 e. The zero-order valence-corrected chi connectivity index (χ0v) is 13.0. The van der Waals surface area contributed by atoms with Crippen LogP contribution in [-0.4, -0.2) is 32.3 Å². The molecule has 1 N–H and O–H groups in total. The molecule has 112 valence electrons. The van der Waals surface area contributed by atoms with Gasteiger partial charge in [0.1, 0.15) is 5.75 Å². The molecule has 1 amide bonds. The monoisotopic (exact) mass is 279 g/mol. The molecule has 0 fully saturated rings. The van der Waals surface area contributed by atoms with E-state index in [2.05, 4.69) is 26.1 Å². The number of para-hydroxylation sites is 1. The lowest BCUT2D eigenvalue weighted by molar-refractivity contribution is -0.127. The summed E-state index contributed by atoms with van der Waals surface area (Å²) in [4.78, 5) is 11.9. The van der Waals surface area contributed by atoms with Crippen molar-refractivity contribution in [2.24, 2.45) is 0 Å². The predicted molar refractivity (Wildman–Crippen MR) is 80.1 cm³/mol. The quantitative estimate of drug-likeness (QED) is 0.814. The Morgan fingerprint density at radius 2 is 1.95 bits per heavy atom. The van der Waals surface area contributed by atoms with E-state index in [9.17, 15) is 4.79 Å². The van der Waals surface area contributed by atoms with Crippen molar-refractivity contribution in [2.45, 2.75) is 39.2 Å². The normalized spacial score (nSPS) is 12.8. The Kier molecular flexibility index (Phi) is 6.02. The third kappa shape index (κ3) is 4.85. The second-order valence-corrected chi connectivity index (χ2v) is 5.79. The maximum atomic E-state index is 11.9. The fourth-order valence-corrected chi connectivity index (χ4v) is 1.85. The van der Waals surface area contributed by atoms with E-state index in [1.807, 2.05) is 24.3 Å². The van der Waals surface area contributed by atoms with Gasteiger partial charge in [-0.05, 0) is 24.0 Å². The molecule has 0 aliphatic heterocycles. The van der Waals surface area contributed by atoms with Gasteiger partial charge in [-0.3, -0.25) is 4.79 Å². The van der Waals surface area contributed by atoms with Gasteiger partial charge in [0.25, 0.3) is 5.91 Å². The van der Waals surface area contributed by atoms with Crippen LogP contribution in [0.1, 0.15) is 33.3 Å². The molecule has 4 nitrogen and oxygen atoms in total. The number of carbonyl (C=O) groups excluding carboxylic acids is 1. The Bertz CT molecular complexity index is 438. The van der Waals surface area contributed by atoms with Crippen molar-refractivity contribution >= 4 is 5.91 Å². The van der Waals surface area contributed by atoms with Gasteiger partial charge in [-0.25, -0.2) is 0 Å². The van der Waals surface area contributed by atoms with Crippen LogP contribution in [-0.2, 0) is 14.9 Å². The molecule has 1 unspecified atom stereocenters. The second kappa shape index (κ2) is 7.29. The number of nitrogens with one attached hydrogen (secondary N) is 1. The lowest BCUT2D eigenvalue weighted by Gasteiger charge is -2.24. The van der Waals surface area contributed by atoms with Gasteiger partial charge < -0.3 is 14.8 Å². The summed E-state index contributed by atoms with van der Waals surface area (Å²) in [5.41, 5.74) is 1.07. The molecule has 20 heavy (non-hydrogen) atoms. The lowest BCUT2D eigenvalue weighted by Crippen LogP contribution is -2.38. The highest BCUT2D eigenvalue weighted by Crippen LogP contribution is 2.31. The topological polar surface area (TPSA) is 47.6 Å². The summed E-state index contributed by atoms with van der Waals surface area (Å²) in [6.07, 6.45) is -0.532. The number of rotatable bonds is 6. The summed E-state index contributed by atoms with van der Waals surface area (Å²) >= 11 is 0. The van der Waals surface area contributed by atoms with Gasteiger partial charge in [0.2, 0.25) is 0 Å². The van der Waals surface area contributed by atoms with Crippen LogP contribution in [0.5, 0.6) is 5.75 Å². The zero-order valence-electron chi connectivity index (χ0n) is 13.0. The Morgan fingerprint density at radius 3 is 2.55 bits per heavy atom. The molecule has 1 aromatic carbocycles. The number of amides is 1. The van der Waals surface area contributed by atoms with Gasteiger partial charge in [0.05, 0.1) is 6.61 Å². The zero-order chi connectivity index (χ0) is 15.2. The Labute approximate surface area is 121 Å². The maximum absolute atomic E-state index is 11.9. The number of hydrogen-bond acceptors (Lipinski definition) is 3. The smallest absolute Gasteiger partial charge is 0.260 e. The van der Waals surface area contributed by atoms with Crippen LogP contribution in [0.3, 0.4) is 0 Å². The minimum Gasteiger partial charge on any atom is -0.481 e. The van der Waals surface area contributed by atoms with Crippen LogP contribution in [0.2, 0.25) is 0 Å². The molecule has 0 spiro atoms. The van der Waals surface area contributed by atoms with Crippen molar-refractivity contribution in [3.8, 4) is 5.75 Å². The summed E-state index contributed by atoms with van der Waals surface area (Å²) in [6, 6.07) is 7.83. The van der Waals surface area contributed by atoms with Crippen LogP contribution >= 0.6 is 0 Å². The number of carbonyl (C=O) groups is 1. The molecule has 0 saturated carbocycles. The number of benzene rings is 1. The lowest BCUT2D eigenvalue weighted by atomic mass is 9.86. The predicted octanol–water partition coefficient (Wildman–Crippen LogP) is 2.51. The average molecular weight is 279 g/mol. The standard InChI is InChI=1S/C16H25NO3/c1-12(15(18)17-10-11-19-5)20-14-9-7-6-8-13(14)16(2,3)4/h6-9,12H,10-11H2,1-5H3,(H,17,18). The number of ether oxygens (including phenoxy) is 2. The van der Waals surface area contributed by atoms with Gasteiger partial charge >= 0.3 is 0 Å². The molecule has 1 aromatic rings.